The summed E-state index contributed by atoms with van der Waals surface area (Å²) >= 11 is 0. The third-order valence-corrected chi connectivity index (χ3v) is 2.70. The molecule has 2 rings (SSSR count). The van der Waals surface area contributed by atoms with Crippen molar-refractivity contribution >= 4 is 11.9 Å². The van der Waals surface area contributed by atoms with E-state index in [1.54, 1.807) is 24.0 Å². The van der Waals surface area contributed by atoms with Crippen molar-refractivity contribution in [2.45, 2.75) is 6.54 Å². The number of carbonyl (C=O) groups is 2. The highest BCUT2D eigenvalue weighted by Crippen LogP contribution is 2.11. The minimum absolute atomic E-state index is 0.00545. The number of hydrogen-bond donors (Lipinski definition) is 1. The molecule has 2 aromatic heterocycles. The van der Waals surface area contributed by atoms with Crippen LogP contribution in [0.4, 0.5) is 0 Å². The lowest BCUT2D eigenvalue weighted by atomic mass is 10.3. The van der Waals surface area contributed by atoms with Gasteiger partial charge in [-0.2, -0.15) is 0 Å². The molecule has 100 valence electrons. The maximum atomic E-state index is 12.0. The summed E-state index contributed by atoms with van der Waals surface area (Å²) in [5.41, 5.74) is -0.0475. The van der Waals surface area contributed by atoms with Gasteiger partial charge in [0.05, 0.1) is 12.1 Å². The molecule has 7 nitrogen and oxygen atoms in total. The molecule has 0 aliphatic carbocycles. The summed E-state index contributed by atoms with van der Waals surface area (Å²) in [7, 11) is 3.43. The third-order valence-electron chi connectivity index (χ3n) is 2.70. The second kappa shape index (κ2) is 4.97. The molecule has 0 radical (unpaired) electrons. The molecule has 2 heterocycles. The number of nitrogens with zero attached hydrogens (tertiary/aromatic N) is 3. The topological polar surface area (TPSA) is 88.6 Å². The van der Waals surface area contributed by atoms with Gasteiger partial charge in [0.1, 0.15) is 12.1 Å². The van der Waals surface area contributed by atoms with Crippen LogP contribution in [0.5, 0.6) is 0 Å². The molecule has 0 saturated carbocycles. The fourth-order valence-electron chi connectivity index (χ4n) is 1.58. The Morgan fingerprint density at radius 3 is 2.79 bits per heavy atom. The van der Waals surface area contributed by atoms with Crippen LogP contribution in [0.3, 0.4) is 0 Å². The number of hydrogen-bond acceptors (Lipinski definition) is 4. The quantitative estimate of drug-likeness (QED) is 0.888. The van der Waals surface area contributed by atoms with Crippen molar-refractivity contribution in [3.05, 3.63) is 41.9 Å². The number of aromatic nitrogens is 2. The SMILES string of the molecule is CN(Cc1nccn1C)C(=O)c1cc(C(=O)O)co1. The predicted octanol–water partition coefficient (Wildman–Crippen LogP) is 0.984. The zero-order valence-corrected chi connectivity index (χ0v) is 10.5. The lowest BCUT2D eigenvalue weighted by Gasteiger charge is -2.15. The van der Waals surface area contributed by atoms with E-state index in [0.29, 0.717) is 6.54 Å². The van der Waals surface area contributed by atoms with E-state index >= 15 is 0 Å². The van der Waals surface area contributed by atoms with Gasteiger partial charge in [0.2, 0.25) is 0 Å². The molecule has 0 bridgehead atoms. The van der Waals surface area contributed by atoms with E-state index < -0.39 is 11.9 Å². The van der Waals surface area contributed by atoms with Crippen molar-refractivity contribution in [2.24, 2.45) is 7.05 Å². The third kappa shape index (κ3) is 2.65. The van der Waals surface area contributed by atoms with Gasteiger partial charge in [0.25, 0.3) is 5.91 Å². The first-order chi connectivity index (χ1) is 8.99. The number of furan rings is 1. The van der Waals surface area contributed by atoms with Crippen LogP contribution < -0.4 is 0 Å². The largest absolute Gasteiger partial charge is 0.478 e. The standard InChI is InChI=1S/C12H13N3O4/c1-14-4-3-13-10(14)6-15(2)11(16)9-5-8(7-19-9)12(17)18/h3-5,7H,6H2,1-2H3,(H,17,18). The lowest BCUT2D eigenvalue weighted by Crippen LogP contribution is -2.27. The van der Waals surface area contributed by atoms with E-state index in [1.165, 1.54) is 11.0 Å². The van der Waals surface area contributed by atoms with Gasteiger partial charge in [-0.05, 0) is 0 Å². The molecule has 0 saturated heterocycles. The van der Waals surface area contributed by atoms with Crippen molar-refractivity contribution in [1.82, 2.24) is 14.5 Å². The summed E-state index contributed by atoms with van der Waals surface area (Å²) in [4.78, 5) is 28.2. The Morgan fingerprint density at radius 2 is 2.26 bits per heavy atom. The van der Waals surface area contributed by atoms with Crippen molar-refractivity contribution in [2.75, 3.05) is 7.05 Å². The average Bonchev–Trinajstić information content (AvgIpc) is 2.98. The van der Waals surface area contributed by atoms with Gasteiger partial charge in [-0.25, -0.2) is 9.78 Å². The first-order valence-corrected chi connectivity index (χ1v) is 5.52. The molecule has 0 spiro atoms. The Bertz CT molecular complexity index is 614. The number of carboxylic acids is 1. The molecule has 2 aromatic rings. The van der Waals surface area contributed by atoms with Crippen LogP contribution in [-0.4, -0.2) is 38.5 Å². The van der Waals surface area contributed by atoms with E-state index in [9.17, 15) is 9.59 Å². The molecule has 0 aliphatic heterocycles. The summed E-state index contributed by atoms with van der Waals surface area (Å²) in [6.07, 6.45) is 4.47. The molecule has 0 unspecified atom stereocenters. The number of amides is 1. The first-order valence-electron chi connectivity index (χ1n) is 5.52. The van der Waals surface area contributed by atoms with Crippen LogP contribution in [-0.2, 0) is 13.6 Å². The first kappa shape index (κ1) is 12.9. The summed E-state index contributed by atoms with van der Waals surface area (Å²) in [5.74, 6) is -0.806. The smallest absolute Gasteiger partial charge is 0.338 e. The molecule has 1 amide bonds. The highest BCUT2D eigenvalue weighted by molar-refractivity contribution is 5.95. The second-order valence-corrected chi connectivity index (χ2v) is 4.12. The number of aryl methyl sites for hydroxylation is 1. The fraction of sp³-hybridized carbons (Fsp3) is 0.250. The van der Waals surface area contributed by atoms with Crippen LogP contribution in [0.2, 0.25) is 0 Å². The minimum atomic E-state index is -1.13. The van der Waals surface area contributed by atoms with Crippen molar-refractivity contribution < 1.29 is 19.1 Å². The zero-order chi connectivity index (χ0) is 14.0. The molecule has 19 heavy (non-hydrogen) atoms. The van der Waals surface area contributed by atoms with Gasteiger partial charge in [0.15, 0.2) is 5.76 Å². The Morgan fingerprint density at radius 1 is 1.53 bits per heavy atom. The lowest BCUT2D eigenvalue weighted by molar-refractivity contribution is 0.0695. The Balaban J connectivity index is 2.10. The van der Waals surface area contributed by atoms with E-state index in [-0.39, 0.29) is 11.3 Å². The van der Waals surface area contributed by atoms with Crippen molar-refractivity contribution in [1.29, 1.82) is 0 Å². The van der Waals surface area contributed by atoms with Gasteiger partial charge >= 0.3 is 5.97 Å². The maximum Gasteiger partial charge on any atom is 0.338 e. The molecule has 0 atom stereocenters. The molecular formula is C12H13N3O4. The minimum Gasteiger partial charge on any atom is -0.478 e. The van der Waals surface area contributed by atoms with Crippen LogP contribution in [0.1, 0.15) is 26.7 Å². The molecule has 0 aromatic carbocycles. The van der Waals surface area contributed by atoms with Gasteiger partial charge in [0, 0.05) is 32.6 Å². The van der Waals surface area contributed by atoms with Gasteiger partial charge in [-0.1, -0.05) is 0 Å². The van der Waals surface area contributed by atoms with E-state index in [0.717, 1.165) is 12.1 Å². The normalized spacial score (nSPS) is 10.4. The predicted molar refractivity (Wildman–Crippen MR) is 64.7 cm³/mol. The Kier molecular flexibility index (Phi) is 3.37. The van der Waals surface area contributed by atoms with Gasteiger partial charge in [-0.15, -0.1) is 0 Å². The summed E-state index contributed by atoms with van der Waals surface area (Å²) < 4.78 is 6.76. The van der Waals surface area contributed by atoms with Gasteiger partial charge < -0.3 is 19.0 Å². The van der Waals surface area contributed by atoms with Crippen LogP contribution in [0.15, 0.2) is 29.1 Å². The van der Waals surface area contributed by atoms with E-state index in [4.69, 9.17) is 9.52 Å². The highest BCUT2D eigenvalue weighted by Gasteiger charge is 2.19. The molecule has 0 fully saturated rings. The number of rotatable bonds is 4. The Labute approximate surface area is 109 Å². The van der Waals surface area contributed by atoms with Crippen molar-refractivity contribution in [3.63, 3.8) is 0 Å². The number of aromatic carboxylic acids is 1. The highest BCUT2D eigenvalue weighted by atomic mass is 16.4. The number of imidazole rings is 1. The summed E-state index contributed by atoms with van der Waals surface area (Å²) in [6, 6.07) is 1.21. The summed E-state index contributed by atoms with van der Waals surface area (Å²) in [5, 5.41) is 8.76. The maximum absolute atomic E-state index is 12.0. The van der Waals surface area contributed by atoms with Crippen LogP contribution in [0.25, 0.3) is 0 Å². The number of carbonyl (C=O) groups excluding carboxylic acids is 1. The molecule has 0 aliphatic rings. The fourth-order valence-corrected chi connectivity index (χ4v) is 1.58. The van der Waals surface area contributed by atoms with Crippen molar-refractivity contribution in [3.8, 4) is 0 Å². The van der Waals surface area contributed by atoms with Crippen LogP contribution >= 0.6 is 0 Å². The molecule has 7 heteroatoms. The van der Waals surface area contributed by atoms with Crippen LogP contribution in [0, 0.1) is 0 Å². The summed E-state index contributed by atoms with van der Waals surface area (Å²) in [6.45, 7) is 0.311. The van der Waals surface area contributed by atoms with E-state index in [1.807, 2.05) is 7.05 Å². The average molecular weight is 263 g/mol. The van der Waals surface area contributed by atoms with Gasteiger partial charge in [-0.3, -0.25) is 4.79 Å². The second-order valence-electron chi connectivity index (χ2n) is 4.12. The molecule has 1 N–H and O–H groups in total. The monoisotopic (exact) mass is 263 g/mol. The molecular weight excluding hydrogens is 250 g/mol. The van der Waals surface area contributed by atoms with E-state index in [2.05, 4.69) is 4.98 Å². The Hall–Kier alpha value is -2.57. The number of carboxylic acid groups (broad SMARTS) is 1. The zero-order valence-electron chi connectivity index (χ0n) is 10.5.